The Labute approximate surface area is 109 Å². The zero-order valence-corrected chi connectivity index (χ0v) is 11.2. The lowest BCUT2D eigenvalue weighted by molar-refractivity contribution is 0.283. The number of anilines is 2. The molecule has 0 saturated carbocycles. The third-order valence-corrected chi connectivity index (χ3v) is 2.86. The standard InChI is InChI=1S/C13H24N4O/c1-2-7-11-12(14)16-10-17-13(11)15-8-5-3-4-6-9-18/h10,18H,2-9H2,1H3,(H3,14,15,16,17). The van der Waals surface area contributed by atoms with Crippen LogP contribution in [0.25, 0.3) is 0 Å². The molecule has 0 aliphatic heterocycles. The molecule has 1 heterocycles. The Bertz CT molecular complexity index is 344. The highest BCUT2D eigenvalue weighted by molar-refractivity contribution is 5.54. The molecule has 1 aromatic heterocycles. The van der Waals surface area contributed by atoms with E-state index >= 15 is 0 Å². The van der Waals surface area contributed by atoms with E-state index in [9.17, 15) is 0 Å². The van der Waals surface area contributed by atoms with Crippen molar-refractivity contribution in [2.45, 2.75) is 45.4 Å². The number of nitrogens with two attached hydrogens (primary N) is 1. The highest BCUT2D eigenvalue weighted by atomic mass is 16.2. The number of nitrogens with zero attached hydrogens (tertiary/aromatic N) is 2. The summed E-state index contributed by atoms with van der Waals surface area (Å²) in [6, 6.07) is 0. The summed E-state index contributed by atoms with van der Waals surface area (Å²) in [5.41, 5.74) is 6.88. The Kier molecular flexibility index (Phi) is 7.10. The van der Waals surface area contributed by atoms with Crippen molar-refractivity contribution in [2.75, 3.05) is 24.2 Å². The molecule has 0 spiro atoms. The average Bonchev–Trinajstić information content (AvgIpc) is 2.37. The molecular weight excluding hydrogens is 228 g/mol. The summed E-state index contributed by atoms with van der Waals surface area (Å²) in [5.74, 6) is 1.45. The molecule has 0 saturated heterocycles. The van der Waals surface area contributed by atoms with Gasteiger partial charge in [0.05, 0.1) is 0 Å². The fourth-order valence-electron chi connectivity index (χ4n) is 1.87. The predicted octanol–water partition coefficient (Wildman–Crippen LogP) is 1.98. The van der Waals surface area contributed by atoms with Gasteiger partial charge in [-0.2, -0.15) is 0 Å². The molecule has 0 bridgehead atoms. The molecule has 1 rings (SSSR count). The molecule has 0 aliphatic rings. The van der Waals surface area contributed by atoms with E-state index in [1.807, 2.05) is 0 Å². The summed E-state index contributed by atoms with van der Waals surface area (Å²) in [6.07, 6.45) is 7.60. The number of aliphatic hydroxyl groups is 1. The monoisotopic (exact) mass is 252 g/mol. The summed E-state index contributed by atoms with van der Waals surface area (Å²) < 4.78 is 0. The summed E-state index contributed by atoms with van der Waals surface area (Å²) >= 11 is 0. The van der Waals surface area contributed by atoms with Crippen molar-refractivity contribution in [1.82, 2.24) is 9.97 Å². The second-order valence-corrected chi connectivity index (χ2v) is 4.40. The van der Waals surface area contributed by atoms with Gasteiger partial charge in [-0.15, -0.1) is 0 Å². The van der Waals surface area contributed by atoms with Gasteiger partial charge in [0.2, 0.25) is 0 Å². The van der Waals surface area contributed by atoms with Gasteiger partial charge in [-0.05, 0) is 19.3 Å². The van der Waals surface area contributed by atoms with Gasteiger partial charge in [0.15, 0.2) is 0 Å². The van der Waals surface area contributed by atoms with Crippen LogP contribution in [0.3, 0.4) is 0 Å². The number of nitrogen functional groups attached to an aromatic ring is 1. The van der Waals surface area contributed by atoms with Crippen molar-refractivity contribution in [3.8, 4) is 0 Å². The lowest BCUT2D eigenvalue weighted by Crippen LogP contribution is -2.09. The maximum absolute atomic E-state index is 8.68. The minimum atomic E-state index is 0.288. The minimum Gasteiger partial charge on any atom is -0.396 e. The summed E-state index contributed by atoms with van der Waals surface area (Å²) in [5, 5.41) is 12.0. The second kappa shape index (κ2) is 8.69. The Morgan fingerprint density at radius 2 is 2.00 bits per heavy atom. The second-order valence-electron chi connectivity index (χ2n) is 4.40. The Balaban J connectivity index is 2.39. The van der Waals surface area contributed by atoms with Crippen LogP contribution in [0.4, 0.5) is 11.6 Å². The SMILES string of the molecule is CCCc1c(N)ncnc1NCCCCCCO. The number of hydrogen-bond acceptors (Lipinski definition) is 5. The van der Waals surface area contributed by atoms with E-state index in [0.717, 1.165) is 56.5 Å². The zero-order valence-electron chi connectivity index (χ0n) is 11.2. The molecular formula is C13H24N4O. The molecule has 0 unspecified atom stereocenters. The molecule has 0 atom stereocenters. The van der Waals surface area contributed by atoms with E-state index in [1.54, 1.807) is 0 Å². The number of unbranched alkanes of at least 4 members (excludes halogenated alkanes) is 3. The fourth-order valence-corrected chi connectivity index (χ4v) is 1.87. The zero-order chi connectivity index (χ0) is 13.2. The number of aromatic nitrogens is 2. The predicted molar refractivity (Wildman–Crippen MR) is 74.5 cm³/mol. The third kappa shape index (κ3) is 4.87. The molecule has 0 radical (unpaired) electrons. The van der Waals surface area contributed by atoms with Crippen LogP contribution in [-0.2, 0) is 6.42 Å². The third-order valence-electron chi connectivity index (χ3n) is 2.86. The van der Waals surface area contributed by atoms with Crippen LogP contribution in [0.5, 0.6) is 0 Å². The van der Waals surface area contributed by atoms with Crippen LogP contribution >= 0.6 is 0 Å². The van der Waals surface area contributed by atoms with E-state index < -0.39 is 0 Å². The Hall–Kier alpha value is -1.36. The van der Waals surface area contributed by atoms with Crippen molar-refractivity contribution in [3.05, 3.63) is 11.9 Å². The molecule has 0 aliphatic carbocycles. The first-order valence-corrected chi connectivity index (χ1v) is 6.73. The van der Waals surface area contributed by atoms with Crippen LogP contribution in [0, 0.1) is 0 Å². The highest BCUT2D eigenvalue weighted by Gasteiger charge is 2.07. The van der Waals surface area contributed by atoms with Crippen molar-refractivity contribution in [1.29, 1.82) is 0 Å². The highest BCUT2D eigenvalue weighted by Crippen LogP contribution is 2.18. The Morgan fingerprint density at radius 3 is 2.72 bits per heavy atom. The Morgan fingerprint density at radius 1 is 1.22 bits per heavy atom. The molecule has 5 nitrogen and oxygen atoms in total. The van der Waals surface area contributed by atoms with Gasteiger partial charge in [-0.25, -0.2) is 9.97 Å². The van der Waals surface area contributed by atoms with Crippen LogP contribution in [-0.4, -0.2) is 28.2 Å². The van der Waals surface area contributed by atoms with Crippen LogP contribution in [0.15, 0.2) is 6.33 Å². The van der Waals surface area contributed by atoms with Crippen molar-refractivity contribution < 1.29 is 5.11 Å². The van der Waals surface area contributed by atoms with Gasteiger partial charge in [0, 0.05) is 18.7 Å². The van der Waals surface area contributed by atoms with Gasteiger partial charge in [0.1, 0.15) is 18.0 Å². The lowest BCUT2D eigenvalue weighted by Gasteiger charge is -2.11. The molecule has 1 aromatic rings. The van der Waals surface area contributed by atoms with Crippen molar-refractivity contribution in [3.63, 3.8) is 0 Å². The number of aliphatic hydroxyl groups excluding tert-OH is 1. The van der Waals surface area contributed by atoms with E-state index in [2.05, 4.69) is 22.2 Å². The molecule has 0 fully saturated rings. The smallest absolute Gasteiger partial charge is 0.134 e. The first kappa shape index (κ1) is 14.7. The van der Waals surface area contributed by atoms with E-state index in [1.165, 1.54) is 6.33 Å². The number of nitrogens with one attached hydrogen (secondary N) is 1. The first-order chi connectivity index (χ1) is 8.79. The number of rotatable bonds is 9. The van der Waals surface area contributed by atoms with Crippen molar-refractivity contribution in [2.24, 2.45) is 0 Å². The number of hydrogen-bond donors (Lipinski definition) is 3. The topological polar surface area (TPSA) is 84.1 Å². The van der Waals surface area contributed by atoms with Crippen LogP contribution in [0.2, 0.25) is 0 Å². The van der Waals surface area contributed by atoms with E-state index in [0.29, 0.717) is 5.82 Å². The lowest BCUT2D eigenvalue weighted by atomic mass is 10.1. The maximum Gasteiger partial charge on any atom is 0.134 e. The quantitative estimate of drug-likeness (QED) is 0.585. The van der Waals surface area contributed by atoms with E-state index in [-0.39, 0.29) is 6.61 Å². The molecule has 102 valence electrons. The summed E-state index contributed by atoms with van der Waals surface area (Å²) in [6.45, 7) is 3.29. The van der Waals surface area contributed by atoms with Crippen LogP contribution in [0.1, 0.15) is 44.6 Å². The van der Waals surface area contributed by atoms with Crippen molar-refractivity contribution >= 4 is 11.6 Å². The summed E-state index contributed by atoms with van der Waals surface area (Å²) in [4.78, 5) is 8.28. The first-order valence-electron chi connectivity index (χ1n) is 6.73. The van der Waals surface area contributed by atoms with Gasteiger partial charge in [-0.1, -0.05) is 26.2 Å². The maximum atomic E-state index is 8.68. The largest absolute Gasteiger partial charge is 0.396 e. The van der Waals surface area contributed by atoms with Gasteiger partial charge < -0.3 is 16.2 Å². The molecule has 5 heteroatoms. The molecule has 0 amide bonds. The summed E-state index contributed by atoms with van der Waals surface area (Å²) in [7, 11) is 0. The van der Waals surface area contributed by atoms with Gasteiger partial charge >= 0.3 is 0 Å². The molecule has 0 aromatic carbocycles. The van der Waals surface area contributed by atoms with Crippen LogP contribution < -0.4 is 11.1 Å². The normalized spacial score (nSPS) is 10.6. The molecule has 18 heavy (non-hydrogen) atoms. The fraction of sp³-hybridized carbons (Fsp3) is 0.692. The van der Waals surface area contributed by atoms with Gasteiger partial charge in [-0.3, -0.25) is 0 Å². The minimum absolute atomic E-state index is 0.288. The average molecular weight is 252 g/mol. The molecule has 4 N–H and O–H groups in total. The van der Waals surface area contributed by atoms with E-state index in [4.69, 9.17) is 10.8 Å². The van der Waals surface area contributed by atoms with Gasteiger partial charge in [0.25, 0.3) is 0 Å².